The number of rotatable bonds is 6. The van der Waals surface area contributed by atoms with E-state index in [0.29, 0.717) is 23.7 Å². The fourth-order valence-corrected chi connectivity index (χ4v) is 3.89. The van der Waals surface area contributed by atoms with E-state index < -0.39 is 5.97 Å². The Labute approximate surface area is 166 Å². The first-order chi connectivity index (χ1) is 13.5. The molecule has 1 saturated carbocycles. The van der Waals surface area contributed by atoms with Gasteiger partial charge in [-0.1, -0.05) is 50.1 Å². The monoisotopic (exact) mass is 383 g/mol. The lowest BCUT2D eigenvalue weighted by atomic mass is 9.86. The fourth-order valence-electron chi connectivity index (χ4n) is 3.89. The Morgan fingerprint density at radius 1 is 1.18 bits per heavy atom. The average molecular weight is 383 g/mol. The molecule has 2 atom stereocenters. The molecule has 1 aromatic heterocycles. The minimum Gasteiger partial charge on any atom is -0.452 e. The molecular weight excluding hydrogens is 354 g/mol. The zero-order valence-corrected chi connectivity index (χ0v) is 16.9. The number of carbonyl (C=O) groups is 2. The Balaban J connectivity index is 1.59. The van der Waals surface area contributed by atoms with E-state index in [1.807, 2.05) is 37.3 Å². The van der Waals surface area contributed by atoms with Crippen LogP contribution in [0, 0.1) is 19.8 Å². The number of aromatic nitrogens is 2. The number of hydrogen-bond donors (Lipinski definition) is 1. The summed E-state index contributed by atoms with van der Waals surface area (Å²) in [5, 5.41) is 7.48. The highest BCUT2D eigenvalue weighted by atomic mass is 16.5. The molecule has 0 saturated heterocycles. The molecule has 0 spiro atoms. The van der Waals surface area contributed by atoms with Gasteiger partial charge in [0, 0.05) is 6.04 Å². The molecule has 6 nitrogen and oxygen atoms in total. The van der Waals surface area contributed by atoms with E-state index in [9.17, 15) is 9.59 Å². The molecule has 1 N–H and O–H groups in total. The van der Waals surface area contributed by atoms with Gasteiger partial charge < -0.3 is 10.1 Å². The largest absolute Gasteiger partial charge is 0.452 e. The van der Waals surface area contributed by atoms with E-state index in [1.165, 1.54) is 6.42 Å². The minimum atomic E-state index is -0.499. The van der Waals surface area contributed by atoms with Gasteiger partial charge in [0.25, 0.3) is 5.91 Å². The van der Waals surface area contributed by atoms with Crippen LogP contribution in [-0.2, 0) is 16.1 Å². The van der Waals surface area contributed by atoms with Crippen LogP contribution >= 0.6 is 0 Å². The predicted molar refractivity (Wildman–Crippen MR) is 107 cm³/mol. The van der Waals surface area contributed by atoms with Crippen molar-refractivity contribution in [2.24, 2.45) is 5.92 Å². The van der Waals surface area contributed by atoms with Gasteiger partial charge in [-0.15, -0.1) is 0 Å². The number of esters is 1. The van der Waals surface area contributed by atoms with Crippen LogP contribution in [0.1, 0.15) is 59.9 Å². The van der Waals surface area contributed by atoms with Gasteiger partial charge in [-0.3, -0.25) is 9.48 Å². The molecule has 1 amide bonds. The van der Waals surface area contributed by atoms with Gasteiger partial charge in [0.2, 0.25) is 0 Å². The smallest absolute Gasteiger partial charge is 0.342 e. The molecular formula is C22H29N3O3. The third kappa shape index (κ3) is 4.80. The molecule has 0 aliphatic heterocycles. The van der Waals surface area contributed by atoms with E-state index in [4.69, 9.17) is 4.74 Å². The molecule has 1 heterocycles. The molecule has 1 aliphatic rings. The van der Waals surface area contributed by atoms with Crippen molar-refractivity contribution in [3.05, 3.63) is 52.8 Å². The molecule has 28 heavy (non-hydrogen) atoms. The third-order valence-electron chi connectivity index (χ3n) is 5.55. The van der Waals surface area contributed by atoms with Crippen molar-refractivity contribution < 1.29 is 14.3 Å². The van der Waals surface area contributed by atoms with Gasteiger partial charge >= 0.3 is 5.97 Å². The zero-order valence-electron chi connectivity index (χ0n) is 16.9. The summed E-state index contributed by atoms with van der Waals surface area (Å²) < 4.78 is 7.08. The number of benzene rings is 1. The first-order valence-corrected chi connectivity index (χ1v) is 10.00. The normalized spacial score (nSPS) is 19.2. The molecule has 1 aromatic carbocycles. The quantitative estimate of drug-likeness (QED) is 0.776. The van der Waals surface area contributed by atoms with Crippen molar-refractivity contribution in [2.45, 2.75) is 59.0 Å². The highest BCUT2D eigenvalue weighted by Crippen LogP contribution is 2.23. The van der Waals surface area contributed by atoms with Crippen LogP contribution in [0.25, 0.3) is 0 Å². The van der Waals surface area contributed by atoms with Crippen LogP contribution in [0.15, 0.2) is 30.3 Å². The predicted octanol–water partition coefficient (Wildman–Crippen LogP) is 3.40. The maximum atomic E-state index is 12.6. The Kier molecular flexibility index (Phi) is 6.49. The maximum Gasteiger partial charge on any atom is 0.342 e. The van der Waals surface area contributed by atoms with Crippen molar-refractivity contribution in [3.8, 4) is 0 Å². The average Bonchev–Trinajstić information content (AvgIpc) is 2.96. The third-order valence-corrected chi connectivity index (χ3v) is 5.55. The second-order valence-corrected chi connectivity index (χ2v) is 7.70. The Bertz CT molecular complexity index is 829. The second kappa shape index (κ2) is 9.04. The van der Waals surface area contributed by atoms with Gasteiger partial charge in [-0.05, 0) is 38.2 Å². The summed E-state index contributed by atoms with van der Waals surface area (Å²) in [6, 6.07) is 10.1. The highest BCUT2D eigenvalue weighted by Gasteiger charge is 2.24. The van der Waals surface area contributed by atoms with Crippen LogP contribution in [-0.4, -0.2) is 34.3 Å². The van der Waals surface area contributed by atoms with E-state index in [1.54, 1.807) is 11.6 Å². The zero-order chi connectivity index (χ0) is 20.1. The molecule has 0 radical (unpaired) electrons. The van der Waals surface area contributed by atoms with Crippen molar-refractivity contribution in [2.75, 3.05) is 6.61 Å². The van der Waals surface area contributed by atoms with Crippen molar-refractivity contribution in [1.29, 1.82) is 0 Å². The number of aryl methyl sites for hydroxylation is 1. The van der Waals surface area contributed by atoms with Gasteiger partial charge in [0.15, 0.2) is 6.61 Å². The van der Waals surface area contributed by atoms with E-state index >= 15 is 0 Å². The first-order valence-electron chi connectivity index (χ1n) is 10.00. The molecule has 0 unspecified atom stereocenters. The van der Waals surface area contributed by atoms with Crippen molar-refractivity contribution in [1.82, 2.24) is 15.1 Å². The lowest BCUT2D eigenvalue weighted by Gasteiger charge is -2.29. The van der Waals surface area contributed by atoms with Crippen molar-refractivity contribution in [3.63, 3.8) is 0 Å². The SMILES string of the molecule is Cc1nn(Cc2ccccc2)c(C)c1C(=O)OCC(=O)N[C@@H]1CCCC[C@H]1C. The first kappa shape index (κ1) is 20.1. The summed E-state index contributed by atoms with van der Waals surface area (Å²) in [6.07, 6.45) is 4.47. The number of hydrogen-bond acceptors (Lipinski definition) is 4. The number of amides is 1. The van der Waals surface area contributed by atoms with Crippen molar-refractivity contribution >= 4 is 11.9 Å². The van der Waals surface area contributed by atoms with E-state index in [0.717, 1.165) is 30.5 Å². The van der Waals surface area contributed by atoms with Gasteiger partial charge in [0.1, 0.15) is 5.56 Å². The lowest BCUT2D eigenvalue weighted by Crippen LogP contribution is -2.42. The van der Waals surface area contributed by atoms with Crippen LogP contribution in [0.4, 0.5) is 0 Å². The highest BCUT2D eigenvalue weighted by molar-refractivity contribution is 5.93. The topological polar surface area (TPSA) is 73.2 Å². The molecule has 3 rings (SSSR count). The minimum absolute atomic E-state index is 0.178. The molecule has 2 aromatic rings. The second-order valence-electron chi connectivity index (χ2n) is 7.70. The van der Waals surface area contributed by atoms with E-state index in [-0.39, 0.29) is 18.6 Å². The Hall–Kier alpha value is -2.63. The molecule has 1 aliphatic carbocycles. The van der Waals surface area contributed by atoms with Crippen LogP contribution in [0.2, 0.25) is 0 Å². The summed E-state index contributed by atoms with van der Waals surface area (Å²) in [4.78, 5) is 24.8. The molecule has 150 valence electrons. The maximum absolute atomic E-state index is 12.6. The van der Waals surface area contributed by atoms with Crippen LogP contribution in [0.3, 0.4) is 0 Å². The molecule has 0 bridgehead atoms. The molecule has 6 heteroatoms. The fraction of sp³-hybridized carbons (Fsp3) is 0.500. The van der Waals surface area contributed by atoms with Gasteiger partial charge in [-0.2, -0.15) is 5.10 Å². The van der Waals surface area contributed by atoms with Crippen LogP contribution < -0.4 is 5.32 Å². The summed E-state index contributed by atoms with van der Waals surface area (Å²) >= 11 is 0. The summed E-state index contributed by atoms with van der Waals surface area (Å²) in [6.45, 7) is 6.12. The molecule has 1 fully saturated rings. The Morgan fingerprint density at radius 2 is 1.89 bits per heavy atom. The number of carbonyl (C=O) groups excluding carboxylic acids is 2. The number of nitrogens with zero attached hydrogens (tertiary/aromatic N) is 2. The van der Waals surface area contributed by atoms with Gasteiger partial charge in [-0.25, -0.2) is 4.79 Å². The lowest BCUT2D eigenvalue weighted by molar-refractivity contribution is -0.125. The standard InChI is InChI=1S/C22H29N3O3/c1-15-9-7-8-12-19(15)23-20(26)14-28-22(27)21-16(2)24-25(17(21)3)13-18-10-5-4-6-11-18/h4-6,10-11,15,19H,7-9,12-14H2,1-3H3,(H,23,26)/t15-,19-/m1/s1. The van der Waals surface area contributed by atoms with E-state index in [2.05, 4.69) is 17.3 Å². The van der Waals surface area contributed by atoms with Crippen LogP contribution in [0.5, 0.6) is 0 Å². The summed E-state index contributed by atoms with van der Waals surface area (Å²) in [7, 11) is 0. The number of ether oxygens (including phenoxy) is 1. The summed E-state index contributed by atoms with van der Waals surface area (Å²) in [5.74, 6) is -0.269. The van der Waals surface area contributed by atoms with Gasteiger partial charge in [0.05, 0.1) is 17.9 Å². The number of nitrogens with one attached hydrogen (secondary N) is 1. The Morgan fingerprint density at radius 3 is 2.61 bits per heavy atom. The summed E-state index contributed by atoms with van der Waals surface area (Å²) in [5.41, 5.74) is 2.90.